The van der Waals surface area contributed by atoms with Gasteiger partial charge in [0.15, 0.2) is 0 Å². The molecule has 0 saturated heterocycles. The molecule has 4 nitrogen and oxygen atoms in total. The Hall–Kier alpha value is -1.07. The molecule has 0 bridgehead atoms. The molecule has 0 heterocycles. The van der Waals surface area contributed by atoms with Crippen LogP contribution in [-0.2, 0) is 10.0 Å². The number of hydrogen-bond donors (Lipinski definition) is 2. The van der Waals surface area contributed by atoms with Crippen molar-refractivity contribution in [1.82, 2.24) is 4.72 Å². The van der Waals surface area contributed by atoms with Crippen LogP contribution in [0.15, 0.2) is 23.1 Å². The van der Waals surface area contributed by atoms with E-state index in [0.29, 0.717) is 24.1 Å². The van der Waals surface area contributed by atoms with Gasteiger partial charge in [-0.2, -0.15) is 0 Å². The molecule has 0 aromatic heterocycles. The molecular weight excluding hydrogens is 236 g/mol. The maximum absolute atomic E-state index is 12.1. The lowest BCUT2D eigenvalue weighted by Gasteiger charge is -2.09. The molecule has 1 aromatic carbocycles. The third kappa shape index (κ3) is 2.79. The highest BCUT2D eigenvalue weighted by Gasteiger charge is 2.33. The van der Waals surface area contributed by atoms with Crippen LogP contribution in [0.4, 0.5) is 5.69 Å². The van der Waals surface area contributed by atoms with Gasteiger partial charge in [-0.05, 0) is 42.9 Å². The van der Waals surface area contributed by atoms with Crippen molar-refractivity contribution in [3.05, 3.63) is 23.8 Å². The summed E-state index contributed by atoms with van der Waals surface area (Å²) in [5.41, 5.74) is 6.81. The van der Waals surface area contributed by atoms with E-state index in [4.69, 9.17) is 5.73 Å². The predicted molar refractivity (Wildman–Crippen MR) is 68.1 cm³/mol. The van der Waals surface area contributed by atoms with E-state index < -0.39 is 10.0 Å². The van der Waals surface area contributed by atoms with Crippen molar-refractivity contribution >= 4 is 15.7 Å². The zero-order valence-corrected chi connectivity index (χ0v) is 10.9. The van der Waals surface area contributed by atoms with Gasteiger partial charge >= 0.3 is 0 Å². The molecule has 1 aliphatic carbocycles. The zero-order chi connectivity index (χ0) is 12.6. The van der Waals surface area contributed by atoms with Crippen LogP contribution in [0, 0.1) is 18.8 Å². The van der Waals surface area contributed by atoms with Crippen LogP contribution in [0.3, 0.4) is 0 Å². The summed E-state index contributed by atoms with van der Waals surface area (Å²) in [6.45, 7) is 4.43. The Morgan fingerprint density at radius 2 is 2.12 bits per heavy atom. The lowest BCUT2D eigenvalue weighted by atomic mass is 10.2. The fourth-order valence-corrected chi connectivity index (χ4v) is 3.26. The minimum absolute atomic E-state index is 0.283. The molecule has 2 unspecified atom stereocenters. The van der Waals surface area contributed by atoms with Crippen molar-refractivity contribution in [3.63, 3.8) is 0 Å². The second kappa shape index (κ2) is 4.31. The van der Waals surface area contributed by atoms with E-state index in [0.717, 1.165) is 12.0 Å². The van der Waals surface area contributed by atoms with Crippen LogP contribution in [0.25, 0.3) is 0 Å². The number of benzene rings is 1. The maximum atomic E-state index is 12.1. The molecule has 0 aliphatic heterocycles. The average Bonchev–Trinajstić information content (AvgIpc) is 2.96. The molecule has 0 amide bonds. The SMILES string of the molecule is Cc1ccc(N)cc1S(=O)(=O)NCC1CC1C. The molecule has 0 spiro atoms. The first-order valence-electron chi connectivity index (χ1n) is 5.76. The van der Waals surface area contributed by atoms with Gasteiger partial charge in [-0.15, -0.1) is 0 Å². The zero-order valence-electron chi connectivity index (χ0n) is 10.1. The van der Waals surface area contributed by atoms with Gasteiger partial charge < -0.3 is 5.73 Å². The van der Waals surface area contributed by atoms with Gasteiger partial charge in [0.25, 0.3) is 0 Å². The van der Waals surface area contributed by atoms with Gasteiger partial charge in [0.05, 0.1) is 4.90 Å². The van der Waals surface area contributed by atoms with Crippen LogP contribution in [0.2, 0.25) is 0 Å². The van der Waals surface area contributed by atoms with Crippen molar-refractivity contribution in [2.45, 2.75) is 25.2 Å². The van der Waals surface area contributed by atoms with Crippen LogP contribution >= 0.6 is 0 Å². The molecule has 2 rings (SSSR count). The Morgan fingerprint density at radius 3 is 2.71 bits per heavy atom. The summed E-state index contributed by atoms with van der Waals surface area (Å²) in [5, 5.41) is 0. The number of anilines is 1. The topological polar surface area (TPSA) is 72.2 Å². The van der Waals surface area contributed by atoms with Crippen molar-refractivity contribution in [3.8, 4) is 0 Å². The Labute approximate surface area is 102 Å². The third-order valence-electron chi connectivity index (χ3n) is 3.31. The molecular formula is C12H18N2O2S. The molecule has 17 heavy (non-hydrogen) atoms. The molecule has 1 fully saturated rings. The number of nitrogens with one attached hydrogen (secondary N) is 1. The molecule has 2 atom stereocenters. The van der Waals surface area contributed by atoms with Crippen LogP contribution in [0.1, 0.15) is 18.9 Å². The highest BCUT2D eigenvalue weighted by Crippen LogP contribution is 2.37. The van der Waals surface area contributed by atoms with Crippen molar-refractivity contribution in [2.24, 2.45) is 11.8 Å². The molecule has 3 N–H and O–H groups in total. The molecule has 1 saturated carbocycles. The normalized spacial score (nSPS) is 23.6. The fraction of sp³-hybridized carbons (Fsp3) is 0.500. The van der Waals surface area contributed by atoms with Gasteiger partial charge in [0.1, 0.15) is 0 Å². The highest BCUT2D eigenvalue weighted by molar-refractivity contribution is 7.89. The van der Waals surface area contributed by atoms with E-state index in [1.165, 1.54) is 6.07 Å². The monoisotopic (exact) mass is 254 g/mol. The minimum atomic E-state index is -3.42. The molecule has 1 aliphatic rings. The predicted octanol–water partition coefficient (Wildman–Crippen LogP) is 1.51. The van der Waals surface area contributed by atoms with E-state index in [2.05, 4.69) is 11.6 Å². The van der Waals surface area contributed by atoms with E-state index in [-0.39, 0.29) is 4.90 Å². The van der Waals surface area contributed by atoms with Gasteiger partial charge in [0.2, 0.25) is 10.0 Å². The van der Waals surface area contributed by atoms with Crippen molar-refractivity contribution < 1.29 is 8.42 Å². The first-order chi connectivity index (χ1) is 7.90. The van der Waals surface area contributed by atoms with E-state index in [1.807, 2.05) is 0 Å². The Bertz CT molecular complexity index is 525. The maximum Gasteiger partial charge on any atom is 0.240 e. The Balaban J connectivity index is 2.16. The summed E-state index contributed by atoms with van der Waals surface area (Å²) in [7, 11) is -3.42. The highest BCUT2D eigenvalue weighted by atomic mass is 32.2. The second-order valence-corrected chi connectivity index (χ2v) is 6.59. The molecule has 1 aromatic rings. The van der Waals surface area contributed by atoms with Gasteiger partial charge in [-0.25, -0.2) is 13.1 Å². The number of nitrogen functional groups attached to an aromatic ring is 1. The smallest absolute Gasteiger partial charge is 0.240 e. The molecule has 94 valence electrons. The van der Waals surface area contributed by atoms with Crippen LogP contribution in [-0.4, -0.2) is 15.0 Å². The van der Waals surface area contributed by atoms with Gasteiger partial charge in [0, 0.05) is 12.2 Å². The van der Waals surface area contributed by atoms with Gasteiger partial charge in [-0.3, -0.25) is 0 Å². The summed E-state index contributed by atoms with van der Waals surface area (Å²) in [6, 6.07) is 4.94. The van der Waals surface area contributed by atoms with Crippen molar-refractivity contribution in [2.75, 3.05) is 12.3 Å². The Kier molecular flexibility index (Phi) is 3.14. The number of sulfonamides is 1. The van der Waals surface area contributed by atoms with E-state index in [1.54, 1.807) is 19.1 Å². The Morgan fingerprint density at radius 1 is 1.47 bits per heavy atom. The largest absolute Gasteiger partial charge is 0.399 e. The average molecular weight is 254 g/mol. The number of nitrogens with two attached hydrogens (primary N) is 1. The standard InChI is InChI=1S/C12H18N2O2S/c1-8-3-4-11(13)6-12(8)17(15,16)14-7-10-5-9(10)2/h3-4,6,9-10,14H,5,7,13H2,1-2H3. The number of hydrogen-bond acceptors (Lipinski definition) is 3. The van der Waals surface area contributed by atoms with E-state index in [9.17, 15) is 8.42 Å². The first kappa shape index (κ1) is 12.4. The van der Waals surface area contributed by atoms with Gasteiger partial charge in [-0.1, -0.05) is 13.0 Å². The lowest BCUT2D eigenvalue weighted by Crippen LogP contribution is -2.26. The van der Waals surface area contributed by atoms with E-state index >= 15 is 0 Å². The quantitative estimate of drug-likeness (QED) is 0.800. The summed E-state index contributed by atoms with van der Waals surface area (Å²) < 4.78 is 26.8. The summed E-state index contributed by atoms with van der Waals surface area (Å²) in [6.07, 6.45) is 1.11. The molecule has 5 heteroatoms. The van der Waals surface area contributed by atoms with Crippen LogP contribution in [0.5, 0.6) is 0 Å². The number of rotatable bonds is 4. The first-order valence-corrected chi connectivity index (χ1v) is 7.24. The molecule has 0 radical (unpaired) electrons. The lowest BCUT2D eigenvalue weighted by molar-refractivity contribution is 0.574. The third-order valence-corrected chi connectivity index (χ3v) is 4.88. The second-order valence-electron chi connectivity index (χ2n) is 4.85. The number of aryl methyl sites for hydroxylation is 1. The van der Waals surface area contributed by atoms with Crippen LogP contribution < -0.4 is 10.5 Å². The minimum Gasteiger partial charge on any atom is -0.399 e. The fourth-order valence-electron chi connectivity index (χ4n) is 1.88. The summed E-state index contributed by atoms with van der Waals surface area (Å²) in [5.74, 6) is 1.13. The summed E-state index contributed by atoms with van der Waals surface area (Å²) >= 11 is 0. The van der Waals surface area contributed by atoms with Crippen molar-refractivity contribution in [1.29, 1.82) is 0 Å². The summed E-state index contributed by atoms with van der Waals surface area (Å²) in [4.78, 5) is 0.283.